The van der Waals surface area contributed by atoms with E-state index >= 15 is 0 Å². The number of rotatable bonds is 5. The molecule has 0 radical (unpaired) electrons. The number of hydrogen-bond acceptors (Lipinski definition) is 3. The highest BCUT2D eigenvalue weighted by molar-refractivity contribution is 5.89. The molecule has 5 heteroatoms. The van der Waals surface area contributed by atoms with Crippen molar-refractivity contribution in [3.8, 4) is 0 Å². The fourth-order valence-electron chi connectivity index (χ4n) is 3.60. The summed E-state index contributed by atoms with van der Waals surface area (Å²) in [6.45, 7) is 1.59. The molecule has 2 N–H and O–H groups in total. The Bertz CT molecular complexity index is 553. The maximum Gasteiger partial charge on any atom is 0.230 e. The molecule has 2 aliphatic rings. The number of amides is 1. The van der Waals surface area contributed by atoms with E-state index in [9.17, 15) is 14.3 Å². The fourth-order valence-corrected chi connectivity index (χ4v) is 3.60. The van der Waals surface area contributed by atoms with Crippen molar-refractivity contribution in [1.82, 2.24) is 5.32 Å². The molecule has 1 saturated heterocycles. The van der Waals surface area contributed by atoms with Gasteiger partial charge in [-0.2, -0.15) is 0 Å². The monoisotopic (exact) mass is 321 g/mol. The Morgan fingerprint density at radius 2 is 2.13 bits per heavy atom. The summed E-state index contributed by atoms with van der Waals surface area (Å²) < 4.78 is 18.8. The Morgan fingerprint density at radius 1 is 1.39 bits per heavy atom. The zero-order chi connectivity index (χ0) is 16.3. The van der Waals surface area contributed by atoms with Gasteiger partial charge in [0.15, 0.2) is 0 Å². The van der Waals surface area contributed by atoms with Gasteiger partial charge in [0.1, 0.15) is 5.82 Å². The van der Waals surface area contributed by atoms with Crippen molar-refractivity contribution < 1.29 is 19.0 Å². The van der Waals surface area contributed by atoms with Gasteiger partial charge in [-0.1, -0.05) is 18.6 Å². The minimum Gasteiger partial charge on any atom is -0.391 e. The van der Waals surface area contributed by atoms with Crippen molar-refractivity contribution in [3.63, 3.8) is 0 Å². The standard InChI is InChI=1S/C18H24FNO3/c19-15-4-1-3-14(11-15)18(7-2-8-18)17(22)20-12-16(21)13-5-9-23-10-6-13/h1,3-4,11,13,16,21H,2,5-10,12H2,(H,20,22)/t16-/m1/s1. The fraction of sp³-hybridized carbons (Fsp3) is 0.611. The smallest absolute Gasteiger partial charge is 0.230 e. The Balaban J connectivity index is 1.62. The van der Waals surface area contributed by atoms with Gasteiger partial charge in [0.05, 0.1) is 11.5 Å². The molecule has 1 atom stereocenters. The zero-order valence-corrected chi connectivity index (χ0v) is 13.3. The van der Waals surface area contributed by atoms with E-state index in [1.165, 1.54) is 12.1 Å². The van der Waals surface area contributed by atoms with Gasteiger partial charge in [-0.15, -0.1) is 0 Å². The molecule has 1 aliphatic heterocycles. The minimum atomic E-state index is -0.627. The number of nitrogens with one attached hydrogen (secondary N) is 1. The molecule has 2 fully saturated rings. The summed E-state index contributed by atoms with van der Waals surface area (Å²) in [6, 6.07) is 6.31. The predicted octanol–water partition coefficient (Wildman–Crippen LogP) is 2.15. The van der Waals surface area contributed by atoms with Crippen LogP contribution in [0.1, 0.15) is 37.7 Å². The first-order valence-corrected chi connectivity index (χ1v) is 8.42. The Labute approximate surface area is 136 Å². The number of aliphatic hydroxyl groups is 1. The van der Waals surface area contributed by atoms with Gasteiger partial charge in [0.2, 0.25) is 5.91 Å². The van der Waals surface area contributed by atoms with Crippen LogP contribution in [0.2, 0.25) is 0 Å². The summed E-state index contributed by atoms with van der Waals surface area (Å²) in [5.74, 6) is -0.236. The minimum absolute atomic E-state index is 0.0968. The Kier molecular flexibility index (Phi) is 4.97. The van der Waals surface area contributed by atoms with Crippen LogP contribution in [0, 0.1) is 11.7 Å². The molecule has 0 spiro atoms. The van der Waals surface area contributed by atoms with Crippen molar-refractivity contribution in [2.75, 3.05) is 19.8 Å². The van der Waals surface area contributed by atoms with Crippen LogP contribution in [-0.2, 0) is 14.9 Å². The summed E-state index contributed by atoms with van der Waals surface area (Å²) in [5, 5.41) is 13.2. The number of carbonyl (C=O) groups excluding carboxylic acids is 1. The lowest BCUT2D eigenvalue weighted by Crippen LogP contribution is -2.51. The van der Waals surface area contributed by atoms with Gasteiger partial charge < -0.3 is 15.2 Å². The highest BCUT2D eigenvalue weighted by atomic mass is 19.1. The van der Waals surface area contributed by atoms with E-state index in [4.69, 9.17) is 4.74 Å². The number of halogens is 1. The van der Waals surface area contributed by atoms with Crippen molar-refractivity contribution in [2.45, 2.75) is 43.6 Å². The van der Waals surface area contributed by atoms with E-state index in [-0.39, 0.29) is 24.2 Å². The van der Waals surface area contributed by atoms with Crippen LogP contribution in [0.3, 0.4) is 0 Å². The molecule has 126 valence electrons. The summed E-state index contributed by atoms with van der Waals surface area (Å²) >= 11 is 0. The van der Waals surface area contributed by atoms with Crippen LogP contribution < -0.4 is 5.32 Å². The van der Waals surface area contributed by atoms with E-state index in [0.29, 0.717) is 13.2 Å². The second kappa shape index (κ2) is 6.97. The molecule has 1 amide bonds. The van der Waals surface area contributed by atoms with Gasteiger partial charge in [-0.3, -0.25) is 4.79 Å². The molecule has 1 heterocycles. The van der Waals surface area contributed by atoms with Gasteiger partial charge >= 0.3 is 0 Å². The molecular weight excluding hydrogens is 297 g/mol. The second-order valence-electron chi connectivity index (χ2n) is 6.67. The van der Waals surface area contributed by atoms with E-state index < -0.39 is 11.5 Å². The second-order valence-corrected chi connectivity index (χ2v) is 6.67. The molecule has 1 aromatic rings. The van der Waals surface area contributed by atoms with Crippen molar-refractivity contribution in [2.24, 2.45) is 5.92 Å². The maximum atomic E-state index is 13.5. The highest BCUT2D eigenvalue weighted by Gasteiger charge is 2.45. The average molecular weight is 321 g/mol. The SMILES string of the molecule is O=C(NC[C@@H](O)C1CCOCC1)C1(c2cccc(F)c2)CCC1. The quantitative estimate of drug-likeness (QED) is 0.874. The lowest BCUT2D eigenvalue weighted by atomic mass is 9.63. The van der Waals surface area contributed by atoms with E-state index in [2.05, 4.69) is 5.32 Å². The van der Waals surface area contributed by atoms with Crippen LogP contribution >= 0.6 is 0 Å². The first kappa shape index (κ1) is 16.4. The number of ether oxygens (including phenoxy) is 1. The Morgan fingerprint density at radius 3 is 2.74 bits per heavy atom. The van der Waals surface area contributed by atoms with E-state index in [1.807, 2.05) is 6.07 Å². The van der Waals surface area contributed by atoms with Crippen LogP contribution in [0.15, 0.2) is 24.3 Å². The topological polar surface area (TPSA) is 58.6 Å². The maximum absolute atomic E-state index is 13.5. The molecular formula is C18H24FNO3. The first-order valence-electron chi connectivity index (χ1n) is 8.42. The third-order valence-corrected chi connectivity index (χ3v) is 5.30. The molecule has 3 rings (SSSR count). The lowest BCUT2D eigenvalue weighted by Gasteiger charge is -2.41. The first-order chi connectivity index (χ1) is 11.1. The summed E-state index contributed by atoms with van der Waals surface area (Å²) in [6.07, 6.45) is 3.53. The molecule has 1 saturated carbocycles. The summed E-state index contributed by atoms with van der Waals surface area (Å²) in [5.41, 5.74) is 0.110. The number of aliphatic hydroxyl groups excluding tert-OH is 1. The lowest BCUT2D eigenvalue weighted by molar-refractivity contribution is -0.130. The predicted molar refractivity (Wildman–Crippen MR) is 84.5 cm³/mol. The number of carbonyl (C=O) groups is 1. The van der Waals surface area contributed by atoms with Crippen LogP contribution in [0.4, 0.5) is 4.39 Å². The largest absolute Gasteiger partial charge is 0.391 e. The molecule has 23 heavy (non-hydrogen) atoms. The van der Waals surface area contributed by atoms with Crippen molar-refractivity contribution in [3.05, 3.63) is 35.6 Å². The number of hydrogen-bond donors (Lipinski definition) is 2. The Hall–Kier alpha value is -1.46. The van der Waals surface area contributed by atoms with Crippen molar-refractivity contribution >= 4 is 5.91 Å². The van der Waals surface area contributed by atoms with Gasteiger partial charge in [-0.25, -0.2) is 4.39 Å². The molecule has 1 aliphatic carbocycles. The molecule has 1 aromatic carbocycles. The molecule has 0 bridgehead atoms. The van der Waals surface area contributed by atoms with Crippen LogP contribution in [0.25, 0.3) is 0 Å². The van der Waals surface area contributed by atoms with E-state index in [1.54, 1.807) is 6.07 Å². The summed E-state index contributed by atoms with van der Waals surface area (Å²) in [7, 11) is 0. The normalized spacial score (nSPS) is 22.2. The van der Waals surface area contributed by atoms with Gasteiger partial charge in [-0.05, 0) is 49.3 Å². The highest BCUT2D eigenvalue weighted by Crippen LogP contribution is 2.44. The van der Waals surface area contributed by atoms with Gasteiger partial charge in [0.25, 0.3) is 0 Å². The van der Waals surface area contributed by atoms with Crippen LogP contribution in [-0.4, -0.2) is 36.9 Å². The molecule has 0 aromatic heterocycles. The average Bonchev–Trinajstić information content (AvgIpc) is 2.52. The molecule has 4 nitrogen and oxygen atoms in total. The third kappa shape index (κ3) is 3.40. The van der Waals surface area contributed by atoms with Gasteiger partial charge in [0, 0.05) is 19.8 Å². The zero-order valence-electron chi connectivity index (χ0n) is 13.3. The number of benzene rings is 1. The van der Waals surface area contributed by atoms with E-state index in [0.717, 1.165) is 37.7 Å². The molecule has 0 unspecified atom stereocenters. The van der Waals surface area contributed by atoms with Crippen molar-refractivity contribution in [1.29, 1.82) is 0 Å². The third-order valence-electron chi connectivity index (χ3n) is 5.30. The summed E-state index contributed by atoms with van der Waals surface area (Å²) in [4.78, 5) is 12.7. The van der Waals surface area contributed by atoms with Crippen LogP contribution in [0.5, 0.6) is 0 Å².